The maximum Gasteiger partial charge on any atom is 0.196 e. The topological polar surface area (TPSA) is 21.6 Å². The predicted octanol–water partition coefficient (Wildman–Crippen LogP) is 5.65. The van der Waals surface area contributed by atoms with Crippen LogP contribution in [0.1, 0.15) is 5.56 Å². The summed E-state index contributed by atoms with van der Waals surface area (Å²) in [5, 5.41) is 0. The maximum absolute atomic E-state index is 13.6. The van der Waals surface area contributed by atoms with Crippen LogP contribution in [0.5, 0.6) is 11.5 Å². The molecule has 5 heteroatoms. The Bertz CT molecular complexity index is 879. The molecular weight excluding hydrogens is 315 g/mol. The van der Waals surface area contributed by atoms with Crippen molar-refractivity contribution in [3.8, 4) is 11.5 Å². The molecule has 2 nitrogen and oxygen atoms in total. The van der Waals surface area contributed by atoms with E-state index in [0.717, 1.165) is 12.1 Å². The Hall–Kier alpha value is -3.08. The normalized spacial score (nSPS) is 11.0. The number of halogens is 3. The second kappa shape index (κ2) is 7.00. The zero-order valence-corrected chi connectivity index (χ0v) is 12.4. The highest BCUT2D eigenvalue weighted by atomic mass is 19.2. The molecule has 0 aliphatic heterocycles. The summed E-state index contributed by atoms with van der Waals surface area (Å²) in [4.78, 5) is 3.86. The van der Waals surface area contributed by atoms with E-state index in [2.05, 4.69) is 4.99 Å². The van der Waals surface area contributed by atoms with E-state index in [4.69, 9.17) is 4.74 Å². The summed E-state index contributed by atoms with van der Waals surface area (Å²) in [6.07, 6.45) is 1.35. The summed E-state index contributed by atoms with van der Waals surface area (Å²) in [7, 11) is 0. The Morgan fingerprint density at radius 1 is 0.750 bits per heavy atom. The van der Waals surface area contributed by atoms with Gasteiger partial charge in [0.15, 0.2) is 17.5 Å². The Morgan fingerprint density at radius 2 is 1.50 bits per heavy atom. The van der Waals surface area contributed by atoms with Crippen molar-refractivity contribution in [1.82, 2.24) is 0 Å². The van der Waals surface area contributed by atoms with Gasteiger partial charge in [-0.05, 0) is 42.0 Å². The molecule has 3 rings (SSSR count). The zero-order valence-electron chi connectivity index (χ0n) is 12.4. The highest BCUT2D eigenvalue weighted by Gasteiger charge is 2.12. The first kappa shape index (κ1) is 15.8. The van der Waals surface area contributed by atoms with Gasteiger partial charge >= 0.3 is 0 Å². The van der Waals surface area contributed by atoms with Crippen LogP contribution in [0.2, 0.25) is 0 Å². The molecule has 0 bridgehead atoms. The van der Waals surface area contributed by atoms with E-state index in [1.165, 1.54) is 6.21 Å². The van der Waals surface area contributed by atoms with Crippen LogP contribution in [-0.2, 0) is 0 Å². The summed E-state index contributed by atoms with van der Waals surface area (Å²) in [6.45, 7) is 0. The van der Waals surface area contributed by atoms with Crippen LogP contribution < -0.4 is 4.74 Å². The van der Waals surface area contributed by atoms with E-state index in [1.54, 1.807) is 24.3 Å². The smallest absolute Gasteiger partial charge is 0.196 e. The summed E-state index contributed by atoms with van der Waals surface area (Å²) in [5.41, 5.74) is 0.357. The number of nitrogens with zero attached hydrogens (tertiary/aromatic N) is 1. The number of hydrogen-bond acceptors (Lipinski definition) is 2. The van der Waals surface area contributed by atoms with E-state index >= 15 is 0 Å². The van der Waals surface area contributed by atoms with E-state index < -0.39 is 17.5 Å². The lowest BCUT2D eigenvalue weighted by atomic mass is 10.2. The minimum atomic E-state index is -1.54. The van der Waals surface area contributed by atoms with Gasteiger partial charge in [0.05, 0.1) is 0 Å². The van der Waals surface area contributed by atoms with E-state index in [-0.39, 0.29) is 5.69 Å². The Balaban J connectivity index is 1.81. The van der Waals surface area contributed by atoms with Crippen LogP contribution in [0.25, 0.3) is 0 Å². The van der Waals surface area contributed by atoms with Crippen LogP contribution in [0.15, 0.2) is 71.7 Å². The molecule has 3 aromatic carbocycles. The van der Waals surface area contributed by atoms with Crippen molar-refractivity contribution in [1.29, 1.82) is 0 Å². The second-order valence-electron chi connectivity index (χ2n) is 4.94. The quantitative estimate of drug-likeness (QED) is 0.448. The molecule has 3 aromatic rings. The maximum atomic E-state index is 13.6. The lowest BCUT2D eigenvalue weighted by Gasteiger charge is -2.05. The van der Waals surface area contributed by atoms with Crippen molar-refractivity contribution in [2.45, 2.75) is 0 Å². The molecule has 0 heterocycles. The van der Waals surface area contributed by atoms with Gasteiger partial charge in [0.1, 0.15) is 17.2 Å². The SMILES string of the molecule is Fc1ccc(N=Cc2cccc(Oc3ccccc3)c2)c(F)c1F. The van der Waals surface area contributed by atoms with Gasteiger partial charge < -0.3 is 4.74 Å². The largest absolute Gasteiger partial charge is 0.457 e. The molecule has 0 saturated carbocycles. The van der Waals surface area contributed by atoms with Crippen LogP contribution in [0.3, 0.4) is 0 Å². The van der Waals surface area contributed by atoms with Crippen molar-refractivity contribution in [2.75, 3.05) is 0 Å². The third-order valence-electron chi connectivity index (χ3n) is 3.20. The predicted molar refractivity (Wildman–Crippen MR) is 86.5 cm³/mol. The first-order valence-electron chi connectivity index (χ1n) is 7.14. The lowest BCUT2D eigenvalue weighted by molar-refractivity contribution is 0.448. The summed E-state index contributed by atoms with van der Waals surface area (Å²) in [6, 6.07) is 18.1. The highest BCUT2D eigenvalue weighted by molar-refractivity contribution is 5.82. The van der Waals surface area contributed by atoms with Crippen molar-refractivity contribution in [2.24, 2.45) is 4.99 Å². The zero-order chi connectivity index (χ0) is 16.9. The van der Waals surface area contributed by atoms with Crippen molar-refractivity contribution in [3.05, 3.63) is 89.7 Å². The van der Waals surface area contributed by atoms with Crippen molar-refractivity contribution >= 4 is 11.9 Å². The first-order chi connectivity index (χ1) is 11.6. The monoisotopic (exact) mass is 327 g/mol. The number of ether oxygens (including phenoxy) is 1. The minimum Gasteiger partial charge on any atom is -0.457 e. The Morgan fingerprint density at radius 3 is 2.29 bits per heavy atom. The van der Waals surface area contributed by atoms with Crippen LogP contribution in [0.4, 0.5) is 18.9 Å². The van der Waals surface area contributed by atoms with Gasteiger partial charge in [-0.1, -0.05) is 30.3 Å². The van der Waals surface area contributed by atoms with Crippen LogP contribution >= 0.6 is 0 Å². The molecule has 0 N–H and O–H groups in total. The summed E-state index contributed by atoms with van der Waals surface area (Å²) in [5.74, 6) is -2.84. The number of benzene rings is 3. The fraction of sp³-hybridized carbons (Fsp3) is 0. The van der Waals surface area contributed by atoms with Crippen LogP contribution in [0, 0.1) is 17.5 Å². The molecule has 0 spiro atoms. The molecule has 0 aliphatic carbocycles. The van der Waals surface area contributed by atoms with Gasteiger partial charge in [-0.3, -0.25) is 4.99 Å². The standard InChI is InChI=1S/C19H12F3NO/c20-16-9-10-17(19(22)18(16)21)23-12-13-5-4-8-15(11-13)24-14-6-2-1-3-7-14/h1-12H. The Kier molecular flexibility index (Phi) is 4.61. The first-order valence-corrected chi connectivity index (χ1v) is 7.14. The lowest BCUT2D eigenvalue weighted by Crippen LogP contribution is -1.90. The third-order valence-corrected chi connectivity index (χ3v) is 3.20. The fourth-order valence-corrected chi connectivity index (χ4v) is 2.04. The molecule has 0 atom stereocenters. The van der Waals surface area contributed by atoms with E-state index in [1.807, 2.05) is 30.3 Å². The molecule has 0 aromatic heterocycles. The van der Waals surface area contributed by atoms with Crippen molar-refractivity contribution < 1.29 is 17.9 Å². The van der Waals surface area contributed by atoms with Gasteiger partial charge in [-0.2, -0.15) is 0 Å². The number of rotatable bonds is 4. The summed E-state index contributed by atoms with van der Waals surface area (Å²) >= 11 is 0. The highest BCUT2D eigenvalue weighted by Crippen LogP contribution is 2.24. The molecular formula is C19H12F3NO. The number of aliphatic imine (C=N–C) groups is 1. The van der Waals surface area contributed by atoms with Gasteiger partial charge in [-0.25, -0.2) is 13.2 Å². The average molecular weight is 327 g/mol. The van der Waals surface area contributed by atoms with Crippen LogP contribution in [-0.4, -0.2) is 6.21 Å². The average Bonchev–Trinajstić information content (AvgIpc) is 2.60. The van der Waals surface area contributed by atoms with Crippen molar-refractivity contribution in [3.63, 3.8) is 0 Å². The minimum absolute atomic E-state index is 0.275. The molecule has 0 radical (unpaired) electrons. The molecule has 24 heavy (non-hydrogen) atoms. The molecule has 0 saturated heterocycles. The molecule has 0 fully saturated rings. The van der Waals surface area contributed by atoms with Gasteiger partial charge in [0, 0.05) is 6.21 Å². The molecule has 0 amide bonds. The third kappa shape index (κ3) is 3.63. The van der Waals surface area contributed by atoms with Gasteiger partial charge in [-0.15, -0.1) is 0 Å². The number of hydrogen-bond donors (Lipinski definition) is 0. The van der Waals surface area contributed by atoms with E-state index in [0.29, 0.717) is 17.1 Å². The second-order valence-corrected chi connectivity index (χ2v) is 4.94. The Labute approximate surface area is 136 Å². The molecule has 0 aliphatic rings. The fourth-order valence-electron chi connectivity index (χ4n) is 2.04. The van der Waals surface area contributed by atoms with E-state index in [9.17, 15) is 13.2 Å². The number of para-hydroxylation sites is 1. The summed E-state index contributed by atoms with van der Waals surface area (Å²) < 4.78 is 45.3. The van der Waals surface area contributed by atoms with Gasteiger partial charge in [0.2, 0.25) is 0 Å². The molecule has 0 unspecified atom stereocenters. The van der Waals surface area contributed by atoms with Gasteiger partial charge in [0.25, 0.3) is 0 Å². The molecule has 120 valence electrons.